The molecule has 1 rings (SSSR count). The van der Waals surface area contributed by atoms with Crippen LogP contribution in [-0.4, -0.2) is 29.6 Å². The Morgan fingerprint density at radius 2 is 2.10 bits per heavy atom. The number of allylic oxidation sites excluding steroid dienone is 1. The van der Waals surface area contributed by atoms with Crippen LogP contribution in [0.5, 0.6) is 5.75 Å². The molecule has 1 atom stereocenters. The summed E-state index contributed by atoms with van der Waals surface area (Å²) in [5, 5.41) is 11.5. The summed E-state index contributed by atoms with van der Waals surface area (Å²) in [6.07, 6.45) is 4.50. The number of carboxylic acid groups (broad SMARTS) is 1. The first kappa shape index (κ1) is 16.8. The Morgan fingerprint density at radius 1 is 1.38 bits per heavy atom. The molecule has 0 bridgehead atoms. The van der Waals surface area contributed by atoms with Crippen molar-refractivity contribution >= 4 is 11.9 Å². The van der Waals surface area contributed by atoms with E-state index < -0.39 is 17.9 Å². The third kappa shape index (κ3) is 5.69. The largest absolute Gasteiger partial charge is 0.483 e. The lowest BCUT2D eigenvalue weighted by Crippen LogP contribution is -2.42. The normalized spacial score (nSPS) is 12.1. The Labute approximate surface area is 124 Å². The summed E-state index contributed by atoms with van der Waals surface area (Å²) in [6.45, 7) is 3.60. The van der Waals surface area contributed by atoms with Crippen LogP contribution in [-0.2, 0) is 16.0 Å². The standard InChI is InChI=1S/C16H21NO4/c1-3-5-9-13(16(19)20)17-15(18)11-21-14-10-7-6-8-12(14)4-2/h3,5-8,10,13H,4,9,11H2,1-2H3,(H,17,18)(H,19,20)/b5-3+. The predicted octanol–water partition coefficient (Wildman–Crippen LogP) is 2.16. The zero-order valence-electron chi connectivity index (χ0n) is 12.3. The topological polar surface area (TPSA) is 75.6 Å². The highest BCUT2D eigenvalue weighted by atomic mass is 16.5. The number of ether oxygens (including phenoxy) is 1. The van der Waals surface area contributed by atoms with Crippen molar-refractivity contribution in [3.8, 4) is 5.75 Å². The number of benzene rings is 1. The highest BCUT2D eigenvalue weighted by Crippen LogP contribution is 2.17. The van der Waals surface area contributed by atoms with E-state index in [2.05, 4.69) is 5.32 Å². The fraction of sp³-hybridized carbons (Fsp3) is 0.375. The van der Waals surface area contributed by atoms with Crippen LogP contribution in [0.25, 0.3) is 0 Å². The second kappa shape index (κ2) is 8.79. The molecule has 0 aliphatic heterocycles. The van der Waals surface area contributed by atoms with Crippen molar-refractivity contribution in [2.45, 2.75) is 32.7 Å². The number of carbonyl (C=O) groups is 2. The van der Waals surface area contributed by atoms with Crippen molar-refractivity contribution < 1.29 is 19.4 Å². The molecule has 0 saturated heterocycles. The zero-order valence-corrected chi connectivity index (χ0v) is 12.3. The van der Waals surface area contributed by atoms with Crippen molar-refractivity contribution in [3.05, 3.63) is 42.0 Å². The smallest absolute Gasteiger partial charge is 0.326 e. The highest BCUT2D eigenvalue weighted by Gasteiger charge is 2.18. The van der Waals surface area contributed by atoms with Crippen LogP contribution in [0.4, 0.5) is 0 Å². The summed E-state index contributed by atoms with van der Waals surface area (Å²) >= 11 is 0. The van der Waals surface area contributed by atoms with Gasteiger partial charge in [-0.15, -0.1) is 0 Å². The van der Waals surface area contributed by atoms with E-state index in [-0.39, 0.29) is 13.0 Å². The van der Waals surface area contributed by atoms with Crippen LogP contribution < -0.4 is 10.1 Å². The summed E-state index contributed by atoms with van der Waals surface area (Å²) in [4.78, 5) is 22.8. The lowest BCUT2D eigenvalue weighted by Gasteiger charge is -2.14. The van der Waals surface area contributed by atoms with Crippen LogP contribution in [0, 0.1) is 0 Å². The van der Waals surface area contributed by atoms with Crippen LogP contribution >= 0.6 is 0 Å². The molecule has 0 radical (unpaired) electrons. The molecule has 0 aliphatic carbocycles. The second-order valence-corrected chi connectivity index (χ2v) is 4.51. The summed E-state index contributed by atoms with van der Waals surface area (Å²) in [5.74, 6) is -0.858. The van der Waals surface area contributed by atoms with Gasteiger partial charge in [0.15, 0.2) is 6.61 Å². The molecule has 2 N–H and O–H groups in total. The van der Waals surface area contributed by atoms with Crippen molar-refractivity contribution in [1.82, 2.24) is 5.32 Å². The number of rotatable bonds is 8. The van der Waals surface area contributed by atoms with Gasteiger partial charge in [0.05, 0.1) is 0 Å². The SMILES string of the molecule is C/C=C/CC(NC(=O)COc1ccccc1CC)C(=O)O. The quantitative estimate of drug-likeness (QED) is 0.720. The molecule has 114 valence electrons. The number of aliphatic carboxylic acids is 1. The van der Waals surface area contributed by atoms with Gasteiger partial charge in [0.2, 0.25) is 0 Å². The monoisotopic (exact) mass is 291 g/mol. The third-order valence-corrected chi connectivity index (χ3v) is 2.95. The minimum absolute atomic E-state index is 0.198. The molecular weight excluding hydrogens is 270 g/mol. The number of carbonyl (C=O) groups excluding carboxylic acids is 1. The molecule has 1 unspecified atom stereocenters. The van der Waals surface area contributed by atoms with Crippen molar-refractivity contribution in [2.24, 2.45) is 0 Å². The van der Waals surface area contributed by atoms with E-state index >= 15 is 0 Å². The molecule has 1 amide bonds. The van der Waals surface area contributed by atoms with E-state index in [0.29, 0.717) is 5.75 Å². The minimum Gasteiger partial charge on any atom is -0.483 e. The van der Waals surface area contributed by atoms with E-state index in [4.69, 9.17) is 9.84 Å². The van der Waals surface area contributed by atoms with Gasteiger partial charge in [-0.05, 0) is 31.4 Å². The summed E-state index contributed by atoms with van der Waals surface area (Å²) < 4.78 is 5.45. The van der Waals surface area contributed by atoms with Crippen LogP contribution in [0.15, 0.2) is 36.4 Å². The first-order valence-electron chi connectivity index (χ1n) is 6.92. The van der Waals surface area contributed by atoms with Gasteiger partial charge >= 0.3 is 5.97 Å². The fourth-order valence-corrected chi connectivity index (χ4v) is 1.81. The maximum atomic E-state index is 11.8. The predicted molar refractivity (Wildman–Crippen MR) is 80.3 cm³/mol. The van der Waals surface area contributed by atoms with Crippen LogP contribution in [0.3, 0.4) is 0 Å². The molecule has 0 fully saturated rings. The van der Waals surface area contributed by atoms with Crippen LogP contribution in [0.2, 0.25) is 0 Å². The Bertz CT molecular complexity index is 511. The molecule has 5 heteroatoms. The van der Waals surface area contributed by atoms with E-state index in [1.807, 2.05) is 25.1 Å². The van der Waals surface area contributed by atoms with E-state index in [1.54, 1.807) is 25.1 Å². The molecule has 0 aliphatic rings. The van der Waals surface area contributed by atoms with Gasteiger partial charge in [0.25, 0.3) is 5.91 Å². The van der Waals surface area contributed by atoms with Crippen molar-refractivity contribution in [3.63, 3.8) is 0 Å². The molecule has 5 nitrogen and oxygen atoms in total. The van der Waals surface area contributed by atoms with Gasteiger partial charge < -0.3 is 15.2 Å². The zero-order chi connectivity index (χ0) is 15.7. The Kier molecular flexibility index (Phi) is 7.01. The molecular formula is C16H21NO4. The Morgan fingerprint density at radius 3 is 2.71 bits per heavy atom. The number of aryl methyl sites for hydroxylation is 1. The average molecular weight is 291 g/mol. The van der Waals surface area contributed by atoms with Gasteiger partial charge in [0.1, 0.15) is 11.8 Å². The Balaban J connectivity index is 2.54. The minimum atomic E-state index is -1.06. The number of carboxylic acids is 1. The van der Waals surface area contributed by atoms with Crippen LogP contribution in [0.1, 0.15) is 25.8 Å². The Hall–Kier alpha value is -2.30. The summed E-state index contributed by atoms with van der Waals surface area (Å²) in [5.41, 5.74) is 1.01. The van der Waals surface area contributed by atoms with Crippen molar-refractivity contribution in [1.29, 1.82) is 0 Å². The molecule has 0 aromatic heterocycles. The molecule has 1 aromatic rings. The summed E-state index contributed by atoms with van der Waals surface area (Å²) in [7, 11) is 0. The highest BCUT2D eigenvalue weighted by molar-refractivity contribution is 5.84. The molecule has 0 saturated carbocycles. The van der Waals surface area contributed by atoms with Gasteiger partial charge in [-0.1, -0.05) is 37.3 Å². The maximum absolute atomic E-state index is 11.8. The van der Waals surface area contributed by atoms with E-state index in [9.17, 15) is 9.59 Å². The molecule has 21 heavy (non-hydrogen) atoms. The summed E-state index contributed by atoms with van der Waals surface area (Å²) in [6, 6.07) is 6.53. The number of amides is 1. The molecule has 1 aromatic carbocycles. The lowest BCUT2D eigenvalue weighted by atomic mass is 10.1. The maximum Gasteiger partial charge on any atom is 0.326 e. The fourth-order valence-electron chi connectivity index (χ4n) is 1.81. The number of hydrogen-bond donors (Lipinski definition) is 2. The van der Waals surface area contributed by atoms with Gasteiger partial charge in [-0.25, -0.2) is 4.79 Å². The number of para-hydroxylation sites is 1. The van der Waals surface area contributed by atoms with E-state index in [0.717, 1.165) is 12.0 Å². The van der Waals surface area contributed by atoms with Gasteiger partial charge in [0, 0.05) is 0 Å². The molecule has 0 heterocycles. The first-order valence-corrected chi connectivity index (χ1v) is 6.92. The first-order chi connectivity index (χ1) is 10.1. The van der Waals surface area contributed by atoms with Crippen molar-refractivity contribution in [2.75, 3.05) is 6.61 Å². The third-order valence-electron chi connectivity index (χ3n) is 2.95. The van der Waals surface area contributed by atoms with Gasteiger partial charge in [-0.2, -0.15) is 0 Å². The second-order valence-electron chi connectivity index (χ2n) is 4.51. The lowest BCUT2D eigenvalue weighted by molar-refractivity contribution is -0.142. The number of hydrogen-bond acceptors (Lipinski definition) is 3. The van der Waals surface area contributed by atoms with Gasteiger partial charge in [-0.3, -0.25) is 4.79 Å². The van der Waals surface area contributed by atoms with E-state index in [1.165, 1.54) is 0 Å². The molecule has 0 spiro atoms. The average Bonchev–Trinajstić information content (AvgIpc) is 2.49. The number of nitrogens with one attached hydrogen (secondary N) is 1.